The molecule has 0 saturated heterocycles. The van der Waals surface area contributed by atoms with E-state index in [2.05, 4.69) is 20.3 Å². The molecule has 0 fully saturated rings. The first-order chi connectivity index (χ1) is 8.72. The molecule has 0 aliphatic heterocycles. The molecular formula is C13H13N5. The van der Waals surface area contributed by atoms with E-state index in [9.17, 15) is 0 Å². The first-order valence-electron chi connectivity index (χ1n) is 5.59. The van der Waals surface area contributed by atoms with Gasteiger partial charge in [-0.2, -0.15) is 5.26 Å². The highest BCUT2D eigenvalue weighted by molar-refractivity contribution is 5.58. The third kappa shape index (κ3) is 2.43. The van der Waals surface area contributed by atoms with E-state index < -0.39 is 0 Å². The lowest BCUT2D eigenvalue weighted by Gasteiger charge is -2.10. The smallest absolute Gasteiger partial charge is 0.163 e. The zero-order valence-electron chi connectivity index (χ0n) is 10.3. The Morgan fingerprint density at radius 2 is 2.17 bits per heavy atom. The molecule has 2 aromatic heterocycles. The van der Waals surface area contributed by atoms with Crippen LogP contribution in [0.15, 0.2) is 24.5 Å². The summed E-state index contributed by atoms with van der Waals surface area (Å²) in [5, 5.41) is 11.6. The third-order valence-electron chi connectivity index (χ3n) is 2.64. The van der Waals surface area contributed by atoms with Crippen molar-refractivity contribution in [1.82, 2.24) is 15.0 Å². The summed E-state index contributed by atoms with van der Waals surface area (Å²) < 4.78 is 0. The first-order valence-corrected chi connectivity index (χ1v) is 5.59. The van der Waals surface area contributed by atoms with Crippen molar-refractivity contribution < 1.29 is 0 Å². The van der Waals surface area contributed by atoms with Gasteiger partial charge in [-0.25, -0.2) is 9.97 Å². The molecule has 0 radical (unpaired) electrons. The largest absolute Gasteiger partial charge is 0.357 e. The van der Waals surface area contributed by atoms with Crippen LogP contribution >= 0.6 is 0 Å². The van der Waals surface area contributed by atoms with Crippen LogP contribution in [-0.4, -0.2) is 21.5 Å². The highest BCUT2D eigenvalue weighted by atomic mass is 15.0. The number of aryl methyl sites for hydroxylation is 1. The monoisotopic (exact) mass is 239 g/mol. The average Bonchev–Trinajstić information content (AvgIpc) is 2.41. The highest BCUT2D eigenvalue weighted by Gasteiger charge is 2.09. The molecule has 2 heterocycles. The van der Waals surface area contributed by atoms with E-state index in [1.54, 1.807) is 12.4 Å². The van der Waals surface area contributed by atoms with Gasteiger partial charge in [-0.05, 0) is 26.0 Å². The summed E-state index contributed by atoms with van der Waals surface area (Å²) in [6.45, 7) is 4.08. The van der Waals surface area contributed by atoms with Gasteiger partial charge in [0.25, 0.3) is 0 Å². The summed E-state index contributed by atoms with van der Waals surface area (Å²) >= 11 is 0. The maximum atomic E-state index is 8.61. The van der Waals surface area contributed by atoms with E-state index in [1.165, 1.54) is 0 Å². The lowest BCUT2D eigenvalue weighted by Crippen LogP contribution is -2.07. The van der Waals surface area contributed by atoms with Gasteiger partial charge in [0.15, 0.2) is 5.82 Å². The van der Waals surface area contributed by atoms with E-state index in [0.29, 0.717) is 11.6 Å². The number of nitrogens with one attached hydrogen (secondary N) is 1. The molecule has 0 spiro atoms. The second-order valence-corrected chi connectivity index (χ2v) is 3.86. The van der Waals surface area contributed by atoms with E-state index >= 15 is 0 Å². The summed E-state index contributed by atoms with van der Waals surface area (Å²) in [4.78, 5) is 12.9. The highest BCUT2D eigenvalue weighted by Crippen LogP contribution is 2.20. The topological polar surface area (TPSA) is 74.5 Å². The SMILES string of the molecule is Cc1nc(-c2cccnc2)nc(NCC#N)c1C. The molecule has 18 heavy (non-hydrogen) atoms. The first kappa shape index (κ1) is 12.0. The van der Waals surface area contributed by atoms with Crippen molar-refractivity contribution in [3.8, 4) is 17.5 Å². The normalized spacial score (nSPS) is 9.83. The Labute approximate surface area is 106 Å². The Balaban J connectivity index is 2.45. The number of pyridine rings is 1. The molecule has 2 aromatic rings. The minimum absolute atomic E-state index is 0.226. The minimum atomic E-state index is 0.226. The van der Waals surface area contributed by atoms with Crippen molar-refractivity contribution in [2.24, 2.45) is 0 Å². The molecule has 0 aliphatic rings. The third-order valence-corrected chi connectivity index (χ3v) is 2.64. The van der Waals surface area contributed by atoms with Gasteiger partial charge >= 0.3 is 0 Å². The molecule has 0 unspecified atom stereocenters. The minimum Gasteiger partial charge on any atom is -0.357 e. The van der Waals surface area contributed by atoms with Crippen molar-refractivity contribution in [1.29, 1.82) is 5.26 Å². The van der Waals surface area contributed by atoms with E-state index in [-0.39, 0.29) is 6.54 Å². The van der Waals surface area contributed by atoms with Crippen LogP contribution in [0.5, 0.6) is 0 Å². The van der Waals surface area contributed by atoms with Crippen molar-refractivity contribution in [3.63, 3.8) is 0 Å². The van der Waals surface area contributed by atoms with Crippen LogP contribution in [0.2, 0.25) is 0 Å². The molecule has 5 heteroatoms. The van der Waals surface area contributed by atoms with Gasteiger partial charge in [0.1, 0.15) is 12.4 Å². The van der Waals surface area contributed by atoms with Crippen LogP contribution in [0, 0.1) is 25.2 Å². The molecule has 2 rings (SSSR count). The Kier molecular flexibility index (Phi) is 3.49. The van der Waals surface area contributed by atoms with Gasteiger partial charge in [-0.1, -0.05) is 0 Å². The van der Waals surface area contributed by atoms with E-state index in [0.717, 1.165) is 16.8 Å². The van der Waals surface area contributed by atoms with Crippen molar-refractivity contribution in [2.45, 2.75) is 13.8 Å². The molecule has 0 atom stereocenters. The average molecular weight is 239 g/mol. The molecule has 0 bridgehead atoms. The number of hydrogen-bond donors (Lipinski definition) is 1. The summed E-state index contributed by atoms with van der Waals surface area (Å²) in [6, 6.07) is 5.79. The molecule has 90 valence electrons. The molecule has 0 aliphatic carbocycles. The van der Waals surface area contributed by atoms with E-state index in [4.69, 9.17) is 5.26 Å². The Bertz CT molecular complexity index is 586. The molecule has 0 saturated carbocycles. The Morgan fingerprint density at radius 1 is 1.33 bits per heavy atom. The second-order valence-electron chi connectivity index (χ2n) is 3.86. The predicted molar refractivity (Wildman–Crippen MR) is 68.8 cm³/mol. The summed E-state index contributed by atoms with van der Waals surface area (Å²) in [7, 11) is 0. The number of nitrogens with zero attached hydrogens (tertiary/aromatic N) is 4. The van der Waals surface area contributed by atoms with Crippen molar-refractivity contribution >= 4 is 5.82 Å². The van der Waals surface area contributed by atoms with Crippen molar-refractivity contribution in [2.75, 3.05) is 11.9 Å². The zero-order valence-corrected chi connectivity index (χ0v) is 10.3. The lowest BCUT2D eigenvalue weighted by molar-refractivity contribution is 1.06. The molecular weight excluding hydrogens is 226 g/mol. The van der Waals surface area contributed by atoms with E-state index in [1.807, 2.05) is 32.0 Å². The number of rotatable bonds is 3. The number of aromatic nitrogens is 3. The number of hydrogen-bond acceptors (Lipinski definition) is 5. The van der Waals surface area contributed by atoms with Crippen LogP contribution in [0.3, 0.4) is 0 Å². The zero-order chi connectivity index (χ0) is 13.0. The van der Waals surface area contributed by atoms with Gasteiger partial charge in [0, 0.05) is 29.2 Å². The number of nitriles is 1. The van der Waals surface area contributed by atoms with Crippen LogP contribution in [0.25, 0.3) is 11.4 Å². The second kappa shape index (κ2) is 5.23. The van der Waals surface area contributed by atoms with Crippen LogP contribution in [-0.2, 0) is 0 Å². The summed E-state index contributed by atoms with van der Waals surface area (Å²) in [5.74, 6) is 1.31. The summed E-state index contributed by atoms with van der Waals surface area (Å²) in [6.07, 6.45) is 3.43. The Morgan fingerprint density at radius 3 is 2.83 bits per heavy atom. The van der Waals surface area contributed by atoms with Gasteiger partial charge in [0.2, 0.25) is 0 Å². The molecule has 5 nitrogen and oxygen atoms in total. The van der Waals surface area contributed by atoms with Gasteiger partial charge in [-0.3, -0.25) is 4.98 Å². The van der Waals surface area contributed by atoms with Gasteiger partial charge in [0.05, 0.1) is 6.07 Å². The van der Waals surface area contributed by atoms with Gasteiger partial charge < -0.3 is 5.32 Å². The van der Waals surface area contributed by atoms with Crippen molar-refractivity contribution in [3.05, 3.63) is 35.8 Å². The summed E-state index contributed by atoms with van der Waals surface area (Å²) in [5.41, 5.74) is 2.71. The maximum Gasteiger partial charge on any atom is 0.163 e. The number of anilines is 1. The maximum absolute atomic E-state index is 8.61. The quantitative estimate of drug-likeness (QED) is 0.830. The van der Waals surface area contributed by atoms with Crippen LogP contribution < -0.4 is 5.32 Å². The standard InChI is InChI=1S/C13H13N5/c1-9-10(2)17-13(11-4-3-6-15-8-11)18-12(9)16-7-5-14/h3-4,6,8H,7H2,1-2H3,(H,16,17,18). The lowest BCUT2D eigenvalue weighted by atomic mass is 10.2. The molecule has 0 amide bonds. The fourth-order valence-electron chi connectivity index (χ4n) is 1.55. The fraction of sp³-hybridized carbons (Fsp3) is 0.231. The van der Waals surface area contributed by atoms with Crippen LogP contribution in [0.1, 0.15) is 11.3 Å². The van der Waals surface area contributed by atoms with Gasteiger partial charge in [-0.15, -0.1) is 0 Å². The molecule has 1 N–H and O–H groups in total. The molecule has 0 aromatic carbocycles. The Hall–Kier alpha value is -2.48. The fourth-order valence-corrected chi connectivity index (χ4v) is 1.55. The van der Waals surface area contributed by atoms with Crippen LogP contribution in [0.4, 0.5) is 5.82 Å². The predicted octanol–water partition coefficient (Wildman–Crippen LogP) is 2.09.